The molecule has 0 aliphatic carbocycles. The van der Waals surface area contributed by atoms with E-state index in [-0.39, 0.29) is 11.3 Å². The standard InChI is InChI=1S/C18H23ClN4O/c1-2-18-11-22-7-8-23(12-18)10-14(9-22)16(18)20-21-17(24)13-3-5-15(19)6-4-13/h3-6,20H,2,7-12H2,1H3,(H,21,24)/p+2. The van der Waals surface area contributed by atoms with Gasteiger partial charge in [0.15, 0.2) is 0 Å². The maximum atomic E-state index is 12.4. The molecule has 1 amide bonds. The predicted molar refractivity (Wildman–Crippen MR) is 92.9 cm³/mol. The third kappa shape index (κ3) is 2.70. The highest BCUT2D eigenvalue weighted by atomic mass is 35.5. The van der Waals surface area contributed by atoms with Crippen LogP contribution in [0.3, 0.4) is 0 Å². The molecule has 128 valence electrons. The summed E-state index contributed by atoms with van der Waals surface area (Å²) in [5.41, 5.74) is 9.81. The zero-order chi connectivity index (χ0) is 16.7. The lowest BCUT2D eigenvalue weighted by Gasteiger charge is -2.43. The van der Waals surface area contributed by atoms with Crippen molar-refractivity contribution in [3.05, 3.63) is 46.1 Å². The van der Waals surface area contributed by atoms with Crippen molar-refractivity contribution in [2.24, 2.45) is 5.41 Å². The van der Waals surface area contributed by atoms with E-state index in [2.05, 4.69) is 17.8 Å². The molecule has 2 saturated heterocycles. The minimum absolute atomic E-state index is 0.113. The Balaban J connectivity index is 1.54. The number of amides is 1. The lowest BCUT2D eigenvalue weighted by molar-refractivity contribution is -0.918. The highest BCUT2D eigenvalue weighted by Crippen LogP contribution is 2.33. The zero-order valence-corrected chi connectivity index (χ0v) is 14.8. The number of hydrogen-bond donors (Lipinski definition) is 4. The molecule has 0 saturated carbocycles. The van der Waals surface area contributed by atoms with Crippen molar-refractivity contribution in [2.45, 2.75) is 13.3 Å². The number of hydrazine groups is 1. The second kappa shape index (κ2) is 6.06. The molecule has 5 rings (SSSR count). The SMILES string of the molecule is CCC12C[NH+]3CC[NH+](CC(=C1NNC(=O)c1ccc(Cl)cc1)C3)C2. The van der Waals surface area contributed by atoms with Gasteiger partial charge in [0.05, 0.1) is 24.4 Å². The van der Waals surface area contributed by atoms with Crippen LogP contribution >= 0.6 is 11.6 Å². The normalized spacial score (nSPS) is 31.1. The molecule has 4 aliphatic heterocycles. The Hall–Kier alpha value is -1.56. The van der Waals surface area contributed by atoms with Crippen LogP contribution in [0.4, 0.5) is 0 Å². The van der Waals surface area contributed by atoms with Gasteiger partial charge in [0.1, 0.15) is 31.6 Å². The number of carbonyl (C=O) groups is 1. The topological polar surface area (TPSA) is 50.0 Å². The van der Waals surface area contributed by atoms with Crippen molar-refractivity contribution in [1.82, 2.24) is 10.9 Å². The highest BCUT2D eigenvalue weighted by molar-refractivity contribution is 6.30. The minimum atomic E-state index is -0.113. The van der Waals surface area contributed by atoms with E-state index in [9.17, 15) is 4.79 Å². The molecule has 5 nitrogen and oxygen atoms in total. The molecule has 4 heterocycles. The number of nitrogens with one attached hydrogen (secondary N) is 4. The Kier molecular flexibility index (Phi) is 4.03. The smallest absolute Gasteiger partial charge is 0.269 e. The molecule has 6 heteroatoms. The first-order chi connectivity index (χ1) is 11.6. The van der Waals surface area contributed by atoms with E-state index in [4.69, 9.17) is 11.6 Å². The Morgan fingerprint density at radius 2 is 1.79 bits per heavy atom. The Morgan fingerprint density at radius 1 is 1.17 bits per heavy atom. The van der Waals surface area contributed by atoms with Gasteiger partial charge in [0, 0.05) is 10.6 Å². The van der Waals surface area contributed by atoms with Gasteiger partial charge in [-0.3, -0.25) is 10.2 Å². The first-order valence-corrected chi connectivity index (χ1v) is 9.19. The average molecular weight is 349 g/mol. The van der Waals surface area contributed by atoms with Crippen LogP contribution in [-0.4, -0.2) is 45.2 Å². The fraction of sp³-hybridized carbons (Fsp3) is 0.500. The molecule has 2 fully saturated rings. The largest absolute Gasteiger partial charge is 0.326 e. The molecule has 4 aliphatic rings. The van der Waals surface area contributed by atoms with Crippen molar-refractivity contribution in [1.29, 1.82) is 0 Å². The van der Waals surface area contributed by atoms with Gasteiger partial charge in [-0.15, -0.1) is 0 Å². The Morgan fingerprint density at radius 3 is 2.38 bits per heavy atom. The molecule has 4 N–H and O–H groups in total. The molecule has 24 heavy (non-hydrogen) atoms. The number of hydrogen-bond acceptors (Lipinski definition) is 2. The molecular formula is C18H25ClN4O+2. The first-order valence-electron chi connectivity index (χ1n) is 8.81. The third-order valence-corrected chi connectivity index (χ3v) is 6.16. The summed E-state index contributed by atoms with van der Waals surface area (Å²) in [5, 5.41) is 0.640. The van der Waals surface area contributed by atoms with Crippen LogP contribution in [-0.2, 0) is 0 Å². The van der Waals surface area contributed by atoms with E-state index < -0.39 is 0 Å². The van der Waals surface area contributed by atoms with Crippen molar-refractivity contribution in [2.75, 3.05) is 39.3 Å². The average Bonchev–Trinajstić information content (AvgIpc) is 2.82. The summed E-state index contributed by atoms with van der Waals surface area (Å²) < 4.78 is 0. The monoisotopic (exact) mass is 348 g/mol. The third-order valence-electron chi connectivity index (χ3n) is 5.90. The molecule has 2 atom stereocenters. The van der Waals surface area contributed by atoms with Gasteiger partial charge in [-0.25, -0.2) is 0 Å². The Labute approximate surface area is 147 Å². The van der Waals surface area contributed by atoms with Crippen LogP contribution in [0.1, 0.15) is 23.7 Å². The van der Waals surface area contributed by atoms with Gasteiger partial charge in [-0.05, 0) is 30.7 Å². The molecule has 0 radical (unpaired) electrons. The molecule has 1 aromatic carbocycles. The van der Waals surface area contributed by atoms with Crippen LogP contribution in [0.5, 0.6) is 0 Å². The lowest BCUT2D eigenvalue weighted by atomic mass is 9.74. The van der Waals surface area contributed by atoms with E-state index >= 15 is 0 Å². The van der Waals surface area contributed by atoms with Crippen molar-refractivity contribution >= 4 is 17.5 Å². The van der Waals surface area contributed by atoms with Crippen LogP contribution in [0.15, 0.2) is 35.5 Å². The van der Waals surface area contributed by atoms with Gasteiger partial charge in [0.2, 0.25) is 0 Å². The van der Waals surface area contributed by atoms with Crippen molar-refractivity contribution in [3.63, 3.8) is 0 Å². The first kappa shape index (κ1) is 15.9. The van der Waals surface area contributed by atoms with E-state index in [1.54, 1.807) is 34.1 Å². The molecule has 0 aromatic heterocycles. The van der Waals surface area contributed by atoms with E-state index in [0.717, 1.165) is 19.5 Å². The minimum Gasteiger partial charge on any atom is -0.326 e. The number of carbonyl (C=O) groups excluding carboxylic acids is 1. The van der Waals surface area contributed by atoms with Gasteiger partial charge in [-0.1, -0.05) is 18.5 Å². The molecule has 1 aromatic rings. The summed E-state index contributed by atoms with van der Waals surface area (Å²) in [6.07, 6.45) is 1.11. The van der Waals surface area contributed by atoms with Crippen molar-refractivity contribution in [3.8, 4) is 0 Å². The predicted octanol–water partition coefficient (Wildman–Crippen LogP) is -0.964. The fourth-order valence-electron chi connectivity index (χ4n) is 4.69. The van der Waals surface area contributed by atoms with Gasteiger partial charge >= 0.3 is 0 Å². The lowest BCUT2D eigenvalue weighted by Crippen LogP contribution is -3.14. The summed E-state index contributed by atoms with van der Waals surface area (Å²) in [4.78, 5) is 15.8. The van der Waals surface area contributed by atoms with E-state index in [0.29, 0.717) is 10.6 Å². The maximum Gasteiger partial charge on any atom is 0.269 e. The van der Waals surface area contributed by atoms with Crippen LogP contribution < -0.4 is 20.7 Å². The summed E-state index contributed by atoms with van der Waals surface area (Å²) >= 11 is 5.89. The Bertz CT molecular complexity index is 667. The number of benzene rings is 1. The quantitative estimate of drug-likeness (QED) is 0.530. The molecular weight excluding hydrogens is 324 g/mol. The van der Waals surface area contributed by atoms with Crippen LogP contribution in [0.2, 0.25) is 5.02 Å². The van der Waals surface area contributed by atoms with E-state index in [1.807, 2.05) is 0 Å². The zero-order valence-electron chi connectivity index (χ0n) is 14.0. The summed E-state index contributed by atoms with van der Waals surface area (Å²) in [6.45, 7) is 9.40. The number of quaternary nitrogens is 2. The van der Waals surface area contributed by atoms with E-state index in [1.165, 1.54) is 37.4 Å². The van der Waals surface area contributed by atoms with Gasteiger partial charge in [-0.2, -0.15) is 0 Å². The highest BCUT2D eigenvalue weighted by Gasteiger charge is 2.52. The summed E-state index contributed by atoms with van der Waals surface area (Å²) in [7, 11) is 0. The summed E-state index contributed by atoms with van der Waals surface area (Å²) in [5.74, 6) is -0.113. The second-order valence-corrected chi connectivity index (χ2v) is 7.84. The fourth-order valence-corrected chi connectivity index (χ4v) is 4.81. The summed E-state index contributed by atoms with van der Waals surface area (Å²) in [6, 6.07) is 6.99. The maximum absolute atomic E-state index is 12.4. The van der Waals surface area contributed by atoms with Gasteiger partial charge in [0.25, 0.3) is 5.91 Å². The number of fused-ring (bicyclic) bond motifs is 1. The second-order valence-electron chi connectivity index (χ2n) is 7.41. The van der Waals surface area contributed by atoms with Crippen molar-refractivity contribution < 1.29 is 14.6 Å². The molecule has 4 bridgehead atoms. The molecule has 2 unspecified atom stereocenters. The number of halogens is 1. The molecule has 0 spiro atoms. The van der Waals surface area contributed by atoms with Crippen LogP contribution in [0, 0.1) is 5.41 Å². The number of rotatable bonds is 4. The van der Waals surface area contributed by atoms with Crippen LogP contribution in [0.25, 0.3) is 0 Å². The van der Waals surface area contributed by atoms with Gasteiger partial charge < -0.3 is 15.2 Å².